The molecule has 2 rings (SSSR count). The van der Waals surface area contributed by atoms with Crippen LogP contribution in [0.25, 0.3) is 11.0 Å². The van der Waals surface area contributed by atoms with Gasteiger partial charge in [-0.25, -0.2) is 9.37 Å². The number of fused-ring (bicyclic) bond motifs is 1. The van der Waals surface area contributed by atoms with Crippen LogP contribution in [0.5, 0.6) is 0 Å². The Labute approximate surface area is 105 Å². The Kier molecular flexibility index (Phi) is 3.63. The van der Waals surface area contributed by atoms with E-state index in [-0.39, 0.29) is 5.82 Å². The fourth-order valence-electron chi connectivity index (χ4n) is 2.04. The van der Waals surface area contributed by atoms with Gasteiger partial charge in [0.25, 0.3) is 0 Å². The summed E-state index contributed by atoms with van der Waals surface area (Å²) >= 11 is 0. The van der Waals surface area contributed by atoms with Crippen molar-refractivity contribution in [3.63, 3.8) is 0 Å². The van der Waals surface area contributed by atoms with Gasteiger partial charge in [-0.2, -0.15) is 0 Å². The quantitative estimate of drug-likeness (QED) is 0.873. The molecule has 3 N–H and O–H groups in total. The summed E-state index contributed by atoms with van der Waals surface area (Å²) in [5.74, 6) is 0.310. The van der Waals surface area contributed by atoms with Crippen LogP contribution in [0.15, 0.2) is 18.2 Å². The van der Waals surface area contributed by atoms with E-state index in [4.69, 9.17) is 5.73 Å². The van der Waals surface area contributed by atoms with E-state index in [2.05, 4.69) is 4.98 Å². The number of rotatable bonds is 4. The summed E-state index contributed by atoms with van der Waals surface area (Å²) in [6.45, 7) is 4.36. The maximum atomic E-state index is 13.3. The molecule has 4 nitrogen and oxygen atoms in total. The van der Waals surface area contributed by atoms with Gasteiger partial charge in [0.15, 0.2) is 0 Å². The summed E-state index contributed by atoms with van der Waals surface area (Å²) in [6.07, 6.45) is 0.198. The monoisotopic (exact) mass is 251 g/mol. The summed E-state index contributed by atoms with van der Waals surface area (Å²) in [5, 5.41) is 9.59. The van der Waals surface area contributed by atoms with E-state index >= 15 is 0 Å². The van der Waals surface area contributed by atoms with Crippen LogP contribution in [0.1, 0.15) is 32.1 Å². The van der Waals surface area contributed by atoms with Gasteiger partial charge in [-0.3, -0.25) is 0 Å². The van der Waals surface area contributed by atoms with Gasteiger partial charge in [0.2, 0.25) is 0 Å². The van der Waals surface area contributed by atoms with Gasteiger partial charge in [-0.1, -0.05) is 6.92 Å². The number of imidazole rings is 1. The standard InChI is InChI=1S/C13H18FN3O/c1-3-6-17-11-7-9(14)4-5-10(11)16-13(17)12(15)8(2)18/h4-5,7-8,12,18H,3,6,15H2,1-2H3. The highest BCUT2D eigenvalue weighted by Crippen LogP contribution is 2.22. The van der Waals surface area contributed by atoms with E-state index in [9.17, 15) is 9.50 Å². The molecular formula is C13H18FN3O. The van der Waals surface area contributed by atoms with Crippen LogP contribution in [-0.2, 0) is 6.54 Å². The minimum atomic E-state index is -0.692. The number of aliphatic hydroxyl groups is 1. The van der Waals surface area contributed by atoms with E-state index < -0.39 is 12.1 Å². The fourth-order valence-corrected chi connectivity index (χ4v) is 2.04. The fraction of sp³-hybridized carbons (Fsp3) is 0.462. The molecule has 0 aliphatic rings. The zero-order valence-electron chi connectivity index (χ0n) is 10.6. The molecule has 0 fully saturated rings. The number of nitrogens with two attached hydrogens (primary N) is 1. The van der Waals surface area contributed by atoms with Crippen molar-refractivity contribution >= 4 is 11.0 Å². The molecule has 0 saturated heterocycles. The van der Waals surface area contributed by atoms with Crippen LogP contribution in [0.2, 0.25) is 0 Å². The molecule has 5 heteroatoms. The number of aromatic nitrogens is 2. The average Bonchev–Trinajstić information content (AvgIpc) is 2.67. The summed E-state index contributed by atoms with van der Waals surface area (Å²) in [7, 11) is 0. The topological polar surface area (TPSA) is 64.1 Å². The van der Waals surface area contributed by atoms with Crippen molar-refractivity contribution in [3.8, 4) is 0 Å². The van der Waals surface area contributed by atoms with Crippen LogP contribution in [-0.4, -0.2) is 20.8 Å². The van der Waals surface area contributed by atoms with E-state index in [0.717, 1.165) is 11.9 Å². The molecule has 2 atom stereocenters. The van der Waals surface area contributed by atoms with Crippen LogP contribution in [0.4, 0.5) is 4.39 Å². The molecule has 0 saturated carbocycles. The number of nitrogens with zero attached hydrogens (tertiary/aromatic N) is 2. The molecule has 2 aromatic rings. The van der Waals surface area contributed by atoms with Crippen molar-refractivity contribution in [2.24, 2.45) is 5.73 Å². The SMILES string of the molecule is CCCn1c(C(N)C(C)O)nc2ccc(F)cc21. The Balaban J connectivity index is 2.61. The van der Waals surface area contributed by atoms with Crippen LogP contribution in [0.3, 0.4) is 0 Å². The second kappa shape index (κ2) is 5.04. The van der Waals surface area contributed by atoms with Gasteiger partial charge < -0.3 is 15.4 Å². The average molecular weight is 251 g/mol. The maximum Gasteiger partial charge on any atom is 0.129 e. The summed E-state index contributed by atoms with van der Waals surface area (Å²) in [4.78, 5) is 4.40. The lowest BCUT2D eigenvalue weighted by Crippen LogP contribution is -2.26. The third-order valence-electron chi connectivity index (χ3n) is 3.00. The van der Waals surface area contributed by atoms with E-state index in [1.807, 2.05) is 11.5 Å². The Morgan fingerprint density at radius 2 is 2.22 bits per heavy atom. The Morgan fingerprint density at radius 1 is 1.50 bits per heavy atom. The van der Waals surface area contributed by atoms with Gasteiger partial charge in [-0.05, 0) is 31.5 Å². The molecule has 1 aromatic carbocycles. The van der Waals surface area contributed by atoms with Crippen molar-refractivity contribution in [3.05, 3.63) is 29.8 Å². The first kappa shape index (κ1) is 13.0. The zero-order valence-corrected chi connectivity index (χ0v) is 10.6. The van der Waals surface area contributed by atoms with Crippen LogP contribution < -0.4 is 5.73 Å². The lowest BCUT2D eigenvalue weighted by Gasteiger charge is -2.16. The molecule has 0 radical (unpaired) electrons. The smallest absolute Gasteiger partial charge is 0.129 e. The number of aryl methyl sites for hydroxylation is 1. The number of benzene rings is 1. The minimum Gasteiger partial charge on any atom is -0.391 e. The molecule has 0 aliphatic heterocycles. The van der Waals surface area contributed by atoms with E-state index in [1.165, 1.54) is 12.1 Å². The molecule has 18 heavy (non-hydrogen) atoms. The molecule has 0 aliphatic carbocycles. The predicted octanol–water partition coefficient (Wildman–Crippen LogP) is 1.97. The maximum absolute atomic E-state index is 13.3. The highest BCUT2D eigenvalue weighted by Gasteiger charge is 2.20. The van der Waals surface area contributed by atoms with Gasteiger partial charge in [-0.15, -0.1) is 0 Å². The summed E-state index contributed by atoms with van der Waals surface area (Å²) < 4.78 is 15.2. The number of aliphatic hydroxyl groups excluding tert-OH is 1. The summed E-state index contributed by atoms with van der Waals surface area (Å²) in [5.41, 5.74) is 7.37. The van der Waals surface area contributed by atoms with E-state index in [1.54, 1.807) is 13.0 Å². The second-order valence-corrected chi connectivity index (χ2v) is 4.52. The first-order valence-corrected chi connectivity index (χ1v) is 6.14. The molecular weight excluding hydrogens is 233 g/mol. The van der Waals surface area contributed by atoms with Crippen molar-refractivity contribution in [2.75, 3.05) is 0 Å². The Bertz CT molecular complexity index is 550. The highest BCUT2D eigenvalue weighted by atomic mass is 19.1. The van der Waals surface area contributed by atoms with Crippen LogP contribution in [0, 0.1) is 5.82 Å². The highest BCUT2D eigenvalue weighted by molar-refractivity contribution is 5.76. The van der Waals surface area contributed by atoms with Gasteiger partial charge >= 0.3 is 0 Å². The first-order chi connectivity index (χ1) is 8.54. The molecule has 2 unspecified atom stereocenters. The van der Waals surface area contributed by atoms with Crippen molar-refractivity contribution in [1.29, 1.82) is 0 Å². The van der Waals surface area contributed by atoms with Crippen molar-refractivity contribution < 1.29 is 9.50 Å². The lowest BCUT2D eigenvalue weighted by atomic mass is 10.2. The number of hydrogen-bond donors (Lipinski definition) is 2. The number of halogens is 1. The predicted molar refractivity (Wildman–Crippen MR) is 68.6 cm³/mol. The van der Waals surface area contributed by atoms with Crippen molar-refractivity contribution in [1.82, 2.24) is 9.55 Å². The normalized spacial score (nSPS) is 14.9. The Morgan fingerprint density at radius 3 is 2.83 bits per heavy atom. The first-order valence-electron chi connectivity index (χ1n) is 6.14. The molecule has 1 aromatic heterocycles. The Hall–Kier alpha value is -1.46. The third kappa shape index (κ3) is 2.23. The van der Waals surface area contributed by atoms with Gasteiger partial charge in [0, 0.05) is 6.54 Å². The molecule has 1 heterocycles. The molecule has 0 amide bonds. The van der Waals surface area contributed by atoms with Gasteiger partial charge in [0.05, 0.1) is 23.2 Å². The number of hydrogen-bond acceptors (Lipinski definition) is 3. The minimum absolute atomic E-state index is 0.295. The molecule has 0 spiro atoms. The molecule has 98 valence electrons. The van der Waals surface area contributed by atoms with Crippen molar-refractivity contribution in [2.45, 2.75) is 39.0 Å². The van der Waals surface area contributed by atoms with E-state index in [0.29, 0.717) is 17.9 Å². The largest absolute Gasteiger partial charge is 0.391 e. The third-order valence-corrected chi connectivity index (χ3v) is 3.00. The second-order valence-electron chi connectivity index (χ2n) is 4.52. The summed E-state index contributed by atoms with van der Waals surface area (Å²) in [6, 6.07) is 3.90. The molecule has 0 bridgehead atoms. The lowest BCUT2D eigenvalue weighted by molar-refractivity contribution is 0.159. The zero-order chi connectivity index (χ0) is 13.3. The van der Waals surface area contributed by atoms with Gasteiger partial charge in [0.1, 0.15) is 11.6 Å². The van der Waals surface area contributed by atoms with Crippen LogP contribution >= 0.6 is 0 Å².